The number of benzene rings is 1. The van der Waals surface area contributed by atoms with E-state index in [2.05, 4.69) is 32.9 Å². The second-order valence-corrected chi connectivity index (χ2v) is 6.18. The van der Waals surface area contributed by atoms with Gasteiger partial charge in [0.1, 0.15) is 5.82 Å². The number of rotatable bonds is 5. The lowest BCUT2D eigenvalue weighted by Crippen LogP contribution is -2.18. The predicted octanol–water partition coefficient (Wildman–Crippen LogP) is 2.98. The summed E-state index contributed by atoms with van der Waals surface area (Å²) in [6.45, 7) is 0.971. The SMILES string of the molecule is CNc1nc(NCC2(SC)CC2)c2ccccc2n1. The van der Waals surface area contributed by atoms with E-state index >= 15 is 0 Å². The summed E-state index contributed by atoms with van der Waals surface area (Å²) in [7, 11) is 1.85. The number of nitrogens with one attached hydrogen (secondary N) is 2. The lowest BCUT2D eigenvalue weighted by molar-refractivity contribution is 0.941. The van der Waals surface area contributed by atoms with E-state index < -0.39 is 0 Å². The molecule has 1 aliphatic rings. The van der Waals surface area contributed by atoms with Crippen molar-refractivity contribution < 1.29 is 0 Å². The molecule has 3 rings (SSSR count). The summed E-state index contributed by atoms with van der Waals surface area (Å²) >= 11 is 1.95. The highest BCUT2D eigenvalue weighted by molar-refractivity contribution is 8.00. The highest BCUT2D eigenvalue weighted by Crippen LogP contribution is 2.47. The Balaban J connectivity index is 1.92. The van der Waals surface area contributed by atoms with E-state index in [1.165, 1.54) is 12.8 Å². The Bertz CT molecular complexity index is 595. The van der Waals surface area contributed by atoms with Gasteiger partial charge in [0.2, 0.25) is 5.95 Å². The van der Waals surface area contributed by atoms with Crippen LogP contribution in [0, 0.1) is 0 Å². The molecule has 1 aliphatic carbocycles. The molecule has 0 spiro atoms. The van der Waals surface area contributed by atoms with Crippen LogP contribution in [-0.4, -0.2) is 34.6 Å². The number of hydrogen-bond acceptors (Lipinski definition) is 5. The molecule has 4 nitrogen and oxygen atoms in total. The molecular weight excluding hydrogens is 256 g/mol. The topological polar surface area (TPSA) is 49.8 Å². The van der Waals surface area contributed by atoms with Crippen molar-refractivity contribution in [1.82, 2.24) is 9.97 Å². The van der Waals surface area contributed by atoms with Crippen LogP contribution in [0.5, 0.6) is 0 Å². The first-order chi connectivity index (χ1) is 9.26. The quantitative estimate of drug-likeness (QED) is 0.878. The molecule has 0 bridgehead atoms. The highest BCUT2D eigenvalue weighted by Gasteiger charge is 2.41. The second kappa shape index (κ2) is 4.89. The van der Waals surface area contributed by atoms with Crippen molar-refractivity contribution in [2.75, 3.05) is 30.5 Å². The van der Waals surface area contributed by atoms with Gasteiger partial charge in [0.05, 0.1) is 5.52 Å². The lowest BCUT2D eigenvalue weighted by Gasteiger charge is -2.15. The number of para-hydroxylation sites is 1. The molecule has 2 N–H and O–H groups in total. The Labute approximate surface area is 117 Å². The van der Waals surface area contributed by atoms with Crippen LogP contribution in [0.15, 0.2) is 24.3 Å². The van der Waals surface area contributed by atoms with Gasteiger partial charge < -0.3 is 10.6 Å². The number of anilines is 2. The first-order valence-corrected chi connectivity index (χ1v) is 7.72. The van der Waals surface area contributed by atoms with Crippen LogP contribution in [0.1, 0.15) is 12.8 Å². The summed E-state index contributed by atoms with van der Waals surface area (Å²) in [5.41, 5.74) is 0.971. The first-order valence-electron chi connectivity index (χ1n) is 6.50. The molecule has 5 heteroatoms. The zero-order chi connectivity index (χ0) is 13.3. The Morgan fingerprint density at radius 2 is 2.05 bits per heavy atom. The molecule has 1 aromatic heterocycles. The van der Waals surface area contributed by atoms with E-state index in [9.17, 15) is 0 Å². The molecule has 19 heavy (non-hydrogen) atoms. The first kappa shape index (κ1) is 12.5. The summed E-state index contributed by atoms with van der Waals surface area (Å²) in [6, 6.07) is 8.11. The number of hydrogen-bond donors (Lipinski definition) is 2. The molecule has 0 atom stereocenters. The average Bonchev–Trinajstić information content (AvgIpc) is 3.25. The van der Waals surface area contributed by atoms with Crippen LogP contribution in [0.3, 0.4) is 0 Å². The maximum Gasteiger partial charge on any atom is 0.224 e. The summed E-state index contributed by atoms with van der Waals surface area (Å²) < 4.78 is 0.422. The number of thioether (sulfide) groups is 1. The minimum atomic E-state index is 0.422. The third-order valence-corrected chi connectivity index (χ3v) is 5.06. The number of aromatic nitrogens is 2. The second-order valence-electron chi connectivity index (χ2n) is 4.90. The van der Waals surface area contributed by atoms with Gasteiger partial charge in [0.15, 0.2) is 0 Å². The fourth-order valence-electron chi connectivity index (χ4n) is 2.16. The maximum absolute atomic E-state index is 4.54. The van der Waals surface area contributed by atoms with Gasteiger partial charge in [-0.15, -0.1) is 0 Å². The Morgan fingerprint density at radius 1 is 1.26 bits per heavy atom. The van der Waals surface area contributed by atoms with Crippen LogP contribution < -0.4 is 10.6 Å². The fourth-order valence-corrected chi connectivity index (χ4v) is 2.89. The van der Waals surface area contributed by atoms with Gasteiger partial charge in [0, 0.05) is 23.7 Å². The van der Waals surface area contributed by atoms with Crippen molar-refractivity contribution in [3.8, 4) is 0 Å². The van der Waals surface area contributed by atoms with Crippen molar-refractivity contribution in [2.45, 2.75) is 17.6 Å². The largest absolute Gasteiger partial charge is 0.368 e. The average molecular weight is 274 g/mol. The van der Waals surface area contributed by atoms with Gasteiger partial charge in [-0.3, -0.25) is 0 Å². The van der Waals surface area contributed by atoms with Crippen molar-refractivity contribution in [2.24, 2.45) is 0 Å². The normalized spacial score (nSPS) is 16.3. The van der Waals surface area contributed by atoms with Gasteiger partial charge in [-0.25, -0.2) is 4.98 Å². The summed E-state index contributed by atoms with van der Waals surface area (Å²) in [5, 5.41) is 7.60. The summed E-state index contributed by atoms with van der Waals surface area (Å²) in [4.78, 5) is 9.01. The molecule has 100 valence electrons. The van der Waals surface area contributed by atoms with Crippen LogP contribution in [0.4, 0.5) is 11.8 Å². The van der Waals surface area contributed by atoms with Crippen LogP contribution >= 0.6 is 11.8 Å². The van der Waals surface area contributed by atoms with Gasteiger partial charge >= 0.3 is 0 Å². The Kier molecular flexibility index (Phi) is 3.22. The Morgan fingerprint density at radius 3 is 2.74 bits per heavy atom. The molecule has 1 saturated carbocycles. The number of fused-ring (bicyclic) bond motifs is 1. The van der Waals surface area contributed by atoms with Crippen LogP contribution in [0.25, 0.3) is 10.9 Å². The van der Waals surface area contributed by atoms with E-state index in [-0.39, 0.29) is 0 Å². The van der Waals surface area contributed by atoms with Crippen LogP contribution in [0.2, 0.25) is 0 Å². The maximum atomic E-state index is 4.54. The highest BCUT2D eigenvalue weighted by atomic mass is 32.2. The fraction of sp³-hybridized carbons (Fsp3) is 0.429. The minimum absolute atomic E-state index is 0.422. The minimum Gasteiger partial charge on any atom is -0.368 e. The monoisotopic (exact) mass is 274 g/mol. The smallest absolute Gasteiger partial charge is 0.224 e. The summed E-state index contributed by atoms with van der Waals surface area (Å²) in [6.07, 6.45) is 4.78. The molecule has 0 aliphatic heterocycles. The van der Waals surface area contributed by atoms with Crippen molar-refractivity contribution in [3.63, 3.8) is 0 Å². The lowest BCUT2D eigenvalue weighted by atomic mass is 10.2. The van der Waals surface area contributed by atoms with Gasteiger partial charge in [0.25, 0.3) is 0 Å². The molecule has 0 saturated heterocycles. The van der Waals surface area contributed by atoms with E-state index in [4.69, 9.17) is 0 Å². The molecular formula is C14H18N4S. The van der Waals surface area contributed by atoms with Crippen molar-refractivity contribution >= 4 is 34.4 Å². The van der Waals surface area contributed by atoms with Gasteiger partial charge in [-0.2, -0.15) is 16.7 Å². The molecule has 0 amide bonds. The van der Waals surface area contributed by atoms with E-state index in [0.29, 0.717) is 10.7 Å². The molecule has 0 unspecified atom stereocenters. The molecule has 1 aromatic carbocycles. The molecule has 2 aromatic rings. The van der Waals surface area contributed by atoms with Crippen molar-refractivity contribution in [3.05, 3.63) is 24.3 Å². The predicted molar refractivity (Wildman–Crippen MR) is 83.1 cm³/mol. The van der Waals surface area contributed by atoms with E-state index in [0.717, 1.165) is 23.3 Å². The zero-order valence-corrected chi connectivity index (χ0v) is 12.0. The summed E-state index contributed by atoms with van der Waals surface area (Å²) in [5.74, 6) is 1.59. The van der Waals surface area contributed by atoms with E-state index in [1.54, 1.807) is 0 Å². The number of nitrogens with zero attached hydrogens (tertiary/aromatic N) is 2. The van der Waals surface area contributed by atoms with Gasteiger partial charge in [-0.1, -0.05) is 12.1 Å². The van der Waals surface area contributed by atoms with E-state index in [1.807, 2.05) is 37.0 Å². The van der Waals surface area contributed by atoms with Crippen molar-refractivity contribution in [1.29, 1.82) is 0 Å². The standard InChI is InChI=1S/C14H18N4S/c1-15-13-17-11-6-4-3-5-10(11)12(18-13)16-9-14(19-2)7-8-14/h3-6H,7-9H2,1-2H3,(H2,15,16,17,18). The molecule has 1 fully saturated rings. The third-order valence-electron chi connectivity index (χ3n) is 3.65. The molecule has 0 radical (unpaired) electrons. The van der Waals surface area contributed by atoms with Gasteiger partial charge in [-0.05, 0) is 31.2 Å². The Hall–Kier alpha value is -1.49. The molecule has 1 heterocycles. The van der Waals surface area contributed by atoms with Crippen LogP contribution in [-0.2, 0) is 0 Å². The zero-order valence-electron chi connectivity index (χ0n) is 11.2. The third kappa shape index (κ3) is 2.47.